The van der Waals surface area contributed by atoms with Gasteiger partial charge in [-0.1, -0.05) is 32.0 Å². The average Bonchev–Trinajstić information content (AvgIpc) is 3.66. The minimum atomic E-state index is -5.57. The number of amides is 2. The average molecular weight is 896 g/mol. The number of hydrogen-bond acceptors (Lipinski definition) is 20. The molecule has 0 radical (unpaired) electrons. The summed E-state index contributed by atoms with van der Waals surface area (Å²) in [5.74, 6) is -1.14. The Hall–Kier alpha value is -2.52. The summed E-state index contributed by atoms with van der Waals surface area (Å²) in [4.78, 5) is 87.5. The van der Waals surface area contributed by atoms with Crippen molar-refractivity contribution in [2.75, 3.05) is 37.8 Å². The molecule has 3 rings (SSSR count). The molecular weight excluding hydrogens is 847 g/mol. The number of phosphoric acid groups is 3. The number of nitrogen functional groups attached to an aromatic ring is 1. The summed E-state index contributed by atoms with van der Waals surface area (Å²) in [6, 6.07) is 0. The number of aliphatic hydroxyl groups excluding tert-OH is 2. The van der Waals surface area contributed by atoms with Crippen molar-refractivity contribution in [2.24, 2.45) is 16.9 Å². The number of nitrogens with one attached hydrogen (secondary N) is 2. The summed E-state index contributed by atoms with van der Waals surface area (Å²) in [5, 5.41) is 26.3. The number of aliphatic hydroxyl groups is 2. The van der Waals surface area contributed by atoms with Gasteiger partial charge < -0.3 is 62.4 Å². The number of rotatable bonds is 24. The van der Waals surface area contributed by atoms with E-state index in [0.29, 0.717) is 25.0 Å². The van der Waals surface area contributed by atoms with E-state index < -0.39 is 90.7 Å². The number of phosphoric ester groups is 3. The number of ether oxygens (including phenoxy) is 1. The lowest BCUT2D eigenvalue weighted by Crippen LogP contribution is -2.46. The molecule has 0 spiro atoms. The van der Waals surface area contributed by atoms with E-state index in [9.17, 15) is 57.9 Å². The highest BCUT2D eigenvalue weighted by atomic mass is 32.2. The molecule has 1 fully saturated rings. The van der Waals surface area contributed by atoms with Gasteiger partial charge in [-0.05, 0) is 12.8 Å². The maximum atomic E-state index is 12.7. The number of nitrogens with two attached hydrogens (primary N) is 3. The van der Waals surface area contributed by atoms with Crippen molar-refractivity contribution in [1.82, 2.24) is 30.2 Å². The number of carbonyl (C=O) groups is 3. The standard InChI is InChI=1S/C27H48N9O17P3S/c1-27(2,22(40)25(41)32-8-7-17(37)31-9-10-57-18(38)6-4-3-5-16(28)29)12-50-56(47,48)53-55(45,46)49-11-15-21(52-54(42,43)44)20(39)26(51-15)36-14-35-19-23(30)33-13-34-24(19)36/h13-16,20-22,26,39-40H,3-12,28-29H2,1-2H3,(H,31,37)(H,32,41)(H,45,46)(H,47,48)(H2,30,33,34)(H2,42,43,44)/t15-,20-,21-,22?,26-/m1/s1. The number of aromatic nitrogens is 4. The predicted molar refractivity (Wildman–Crippen MR) is 198 cm³/mol. The highest BCUT2D eigenvalue weighted by Gasteiger charge is 2.50. The smallest absolute Gasteiger partial charge is 0.386 e. The first-order valence-electron chi connectivity index (χ1n) is 17.0. The number of hydrogen-bond donors (Lipinski definition) is 11. The highest BCUT2D eigenvalue weighted by Crippen LogP contribution is 2.61. The zero-order valence-corrected chi connectivity index (χ0v) is 34.1. The molecule has 3 unspecified atom stereocenters. The summed E-state index contributed by atoms with van der Waals surface area (Å²) in [7, 11) is -16.4. The van der Waals surface area contributed by atoms with Crippen LogP contribution in [0.4, 0.5) is 5.82 Å². The van der Waals surface area contributed by atoms with E-state index in [1.54, 1.807) is 0 Å². The molecule has 30 heteroatoms. The number of anilines is 1. The van der Waals surface area contributed by atoms with Crippen LogP contribution in [0, 0.1) is 5.41 Å². The maximum Gasteiger partial charge on any atom is 0.481 e. The normalized spacial score (nSPS) is 21.6. The maximum absolute atomic E-state index is 12.7. The predicted octanol–water partition coefficient (Wildman–Crippen LogP) is -1.53. The van der Waals surface area contributed by atoms with Crippen molar-refractivity contribution >= 4 is 69.1 Å². The summed E-state index contributed by atoms with van der Waals surface area (Å²) in [6.07, 6.45) is -5.02. The van der Waals surface area contributed by atoms with Crippen LogP contribution in [-0.4, -0.2) is 129 Å². The second-order valence-electron chi connectivity index (χ2n) is 13.2. The van der Waals surface area contributed by atoms with Gasteiger partial charge in [0, 0.05) is 37.1 Å². The van der Waals surface area contributed by atoms with Crippen molar-refractivity contribution < 1.29 is 80.5 Å². The van der Waals surface area contributed by atoms with Crippen LogP contribution in [0.1, 0.15) is 52.2 Å². The summed E-state index contributed by atoms with van der Waals surface area (Å²) < 4.78 is 62.1. The molecule has 0 saturated carbocycles. The third-order valence-corrected chi connectivity index (χ3v) is 12.0. The Morgan fingerprint density at radius 2 is 1.70 bits per heavy atom. The van der Waals surface area contributed by atoms with E-state index in [0.717, 1.165) is 35.4 Å². The minimum Gasteiger partial charge on any atom is -0.386 e. The molecule has 1 saturated heterocycles. The van der Waals surface area contributed by atoms with Gasteiger partial charge in [-0.15, -0.1) is 0 Å². The van der Waals surface area contributed by atoms with E-state index in [4.69, 9.17) is 31.0 Å². The Labute approximate surface area is 329 Å². The van der Waals surface area contributed by atoms with Crippen LogP contribution in [0.3, 0.4) is 0 Å². The van der Waals surface area contributed by atoms with Gasteiger partial charge in [0.05, 0.1) is 25.7 Å². The van der Waals surface area contributed by atoms with E-state index in [1.807, 2.05) is 0 Å². The SMILES string of the molecule is CC(C)(COP(=O)(O)OP(=O)(O)OC[C@H]1O[C@@H](n2cnc3c(N)ncnc32)[C@H](O)[C@@H]1OP(=O)(O)O)C(O)C(=O)NCCC(=O)NCCSC(=O)CCCCC(N)N. The third kappa shape index (κ3) is 15.9. The lowest BCUT2D eigenvalue weighted by atomic mass is 9.87. The van der Waals surface area contributed by atoms with Crippen LogP contribution < -0.4 is 27.8 Å². The second kappa shape index (κ2) is 21.1. The van der Waals surface area contributed by atoms with E-state index in [1.165, 1.54) is 13.8 Å². The van der Waals surface area contributed by atoms with Crippen molar-refractivity contribution in [3.05, 3.63) is 12.7 Å². The molecule has 0 aliphatic carbocycles. The van der Waals surface area contributed by atoms with Crippen molar-refractivity contribution in [3.63, 3.8) is 0 Å². The first-order valence-corrected chi connectivity index (χ1v) is 22.5. The fraction of sp³-hybridized carbons (Fsp3) is 0.704. The van der Waals surface area contributed by atoms with E-state index >= 15 is 0 Å². The molecule has 324 valence electrons. The van der Waals surface area contributed by atoms with Crippen LogP contribution in [0.25, 0.3) is 11.2 Å². The zero-order chi connectivity index (χ0) is 42.8. The molecule has 7 atom stereocenters. The number of imidazole rings is 1. The Morgan fingerprint density at radius 3 is 2.37 bits per heavy atom. The third-order valence-electron chi connectivity index (χ3n) is 7.93. The molecule has 0 bridgehead atoms. The first-order chi connectivity index (χ1) is 26.4. The van der Waals surface area contributed by atoms with Crippen molar-refractivity contribution in [1.29, 1.82) is 0 Å². The lowest BCUT2D eigenvalue weighted by molar-refractivity contribution is -0.137. The Kier molecular flexibility index (Phi) is 18.1. The molecule has 2 amide bonds. The monoisotopic (exact) mass is 895 g/mol. The first kappa shape index (κ1) is 48.8. The number of nitrogens with zero attached hydrogens (tertiary/aromatic N) is 4. The molecule has 2 aromatic rings. The van der Waals surface area contributed by atoms with E-state index in [2.05, 4.69) is 34.4 Å². The van der Waals surface area contributed by atoms with Crippen molar-refractivity contribution in [2.45, 2.75) is 82.8 Å². The van der Waals surface area contributed by atoms with Gasteiger partial charge in [-0.25, -0.2) is 28.6 Å². The second-order valence-corrected chi connectivity index (χ2v) is 18.6. The summed E-state index contributed by atoms with van der Waals surface area (Å²) in [6.45, 7) is 0.453. The fourth-order valence-corrected chi connectivity index (χ4v) is 8.57. The zero-order valence-electron chi connectivity index (χ0n) is 30.6. The van der Waals surface area contributed by atoms with Crippen LogP contribution in [0.2, 0.25) is 0 Å². The molecule has 3 heterocycles. The van der Waals surface area contributed by atoms with Gasteiger partial charge in [-0.3, -0.25) is 32.5 Å². The molecule has 57 heavy (non-hydrogen) atoms. The fourth-order valence-electron chi connectivity index (χ4n) is 5.02. The highest BCUT2D eigenvalue weighted by molar-refractivity contribution is 8.13. The topological polar surface area (TPSA) is 416 Å². The number of thioether (sulfide) groups is 1. The molecule has 2 aromatic heterocycles. The van der Waals surface area contributed by atoms with Crippen molar-refractivity contribution in [3.8, 4) is 0 Å². The number of fused-ring (bicyclic) bond motifs is 1. The van der Waals surface area contributed by atoms with Crippen LogP contribution in [-0.2, 0) is 50.7 Å². The summed E-state index contributed by atoms with van der Waals surface area (Å²) >= 11 is 1.07. The number of unbranched alkanes of at least 4 members (excludes halogenated alkanes) is 1. The molecule has 0 aromatic carbocycles. The Morgan fingerprint density at radius 1 is 1.02 bits per heavy atom. The van der Waals surface area contributed by atoms with Crippen LogP contribution in [0.5, 0.6) is 0 Å². The van der Waals surface area contributed by atoms with Gasteiger partial charge in [-0.2, -0.15) is 4.31 Å². The molecular formula is C27H48N9O17P3S. The van der Waals surface area contributed by atoms with Crippen LogP contribution in [0.15, 0.2) is 12.7 Å². The minimum absolute atomic E-state index is 0.0277. The van der Waals surface area contributed by atoms with Gasteiger partial charge in [0.2, 0.25) is 11.8 Å². The number of carbonyl (C=O) groups excluding carboxylic acids is 3. The van der Waals surface area contributed by atoms with Gasteiger partial charge in [0.25, 0.3) is 0 Å². The largest absolute Gasteiger partial charge is 0.481 e. The van der Waals surface area contributed by atoms with E-state index in [-0.39, 0.29) is 41.6 Å². The molecule has 1 aliphatic rings. The Balaban J connectivity index is 1.45. The Bertz CT molecular complexity index is 1840. The molecule has 1 aliphatic heterocycles. The van der Waals surface area contributed by atoms with Gasteiger partial charge in [0.1, 0.15) is 36.3 Å². The molecule has 26 nitrogen and oxygen atoms in total. The van der Waals surface area contributed by atoms with Gasteiger partial charge in [0.15, 0.2) is 22.8 Å². The van der Waals surface area contributed by atoms with Gasteiger partial charge >= 0.3 is 23.5 Å². The lowest BCUT2D eigenvalue weighted by Gasteiger charge is -2.30. The molecule has 14 N–H and O–H groups in total. The summed E-state index contributed by atoms with van der Waals surface area (Å²) in [5.41, 5.74) is 15.2. The van der Waals surface area contributed by atoms with Crippen LogP contribution >= 0.6 is 35.2 Å². The quantitative estimate of drug-likeness (QED) is 0.0323.